The fourth-order valence-corrected chi connectivity index (χ4v) is 3.50. The first-order valence-electron chi connectivity index (χ1n) is 9.17. The Morgan fingerprint density at radius 2 is 1.86 bits per heavy atom. The first-order valence-corrected chi connectivity index (χ1v) is 9.55. The van der Waals surface area contributed by atoms with E-state index in [9.17, 15) is 4.79 Å². The van der Waals surface area contributed by atoms with Crippen molar-refractivity contribution in [2.24, 2.45) is 0 Å². The van der Waals surface area contributed by atoms with Gasteiger partial charge in [-0.1, -0.05) is 59.2 Å². The van der Waals surface area contributed by atoms with Crippen LogP contribution in [-0.2, 0) is 0 Å². The van der Waals surface area contributed by atoms with E-state index in [1.165, 1.54) is 0 Å². The van der Waals surface area contributed by atoms with Gasteiger partial charge in [0, 0.05) is 29.2 Å². The Morgan fingerprint density at radius 3 is 2.66 bits per heavy atom. The number of nitrogens with one attached hydrogen (secondary N) is 1. The van der Waals surface area contributed by atoms with Crippen LogP contribution < -0.4 is 0 Å². The molecule has 2 aromatic carbocycles. The molecular formula is C21H16ClN5O2. The van der Waals surface area contributed by atoms with E-state index in [0.29, 0.717) is 35.5 Å². The number of hydrogen-bond donors (Lipinski definition) is 1. The number of benzene rings is 2. The predicted molar refractivity (Wildman–Crippen MR) is 107 cm³/mol. The summed E-state index contributed by atoms with van der Waals surface area (Å²) in [6, 6.07) is 18.8. The summed E-state index contributed by atoms with van der Waals surface area (Å²) in [7, 11) is 0. The third-order valence-corrected chi connectivity index (χ3v) is 5.16. The van der Waals surface area contributed by atoms with Crippen molar-refractivity contribution in [3.63, 3.8) is 0 Å². The second-order valence-corrected chi connectivity index (χ2v) is 7.34. The zero-order valence-corrected chi connectivity index (χ0v) is 16.0. The van der Waals surface area contributed by atoms with E-state index in [2.05, 4.69) is 20.3 Å². The van der Waals surface area contributed by atoms with Gasteiger partial charge in [-0.05, 0) is 18.2 Å². The Balaban J connectivity index is 1.24. The van der Waals surface area contributed by atoms with Gasteiger partial charge in [-0.25, -0.2) is 0 Å². The van der Waals surface area contributed by atoms with E-state index in [4.69, 9.17) is 16.1 Å². The fourth-order valence-electron chi connectivity index (χ4n) is 3.30. The lowest BCUT2D eigenvalue weighted by atomic mass is 9.99. The third kappa shape index (κ3) is 3.40. The molecule has 5 rings (SSSR count). The van der Waals surface area contributed by atoms with Crippen LogP contribution in [0.4, 0.5) is 0 Å². The Morgan fingerprint density at radius 1 is 1.07 bits per heavy atom. The highest BCUT2D eigenvalue weighted by atomic mass is 35.5. The van der Waals surface area contributed by atoms with Gasteiger partial charge in [0.2, 0.25) is 11.7 Å². The molecule has 1 amide bonds. The largest absolute Gasteiger partial charge is 0.339 e. The molecule has 1 aliphatic heterocycles. The number of H-pyrrole nitrogens is 1. The molecule has 0 atom stereocenters. The van der Waals surface area contributed by atoms with Crippen LogP contribution in [0.2, 0.25) is 5.02 Å². The number of likely N-dealkylation sites (tertiary alicyclic amines) is 1. The summed E-state index contributed by atoms with van der Waals surface area (Å²) in [6.07, 6.45) is 0. The smallest absolute Gasteiger partial charge is 0.271 e. The summed E-state index contributed by atoms with van der Waals surface area (Å²) in [5.41, 5.74) is 2.97. The second kappa shape index (κ2) is 7.18. The van der Waals surface area contributed by atoms with Crippen molar-refractivity contribution in [1.82, 2.24) is 25.2 Å². The predicted octanol–water partition coefficient (Wildman–Crippen LogP) is 4.02. The van der Waals surface area contributed by atoms with Crippen LogP contribution >= 0.6 is 11.6 Å². The van der Waals surface area contributed by atoms with Crippen LogP contribution in [0.25, 0.3) is 22.6 Å². The summed E-state index contributed by atoms with van der Waals surface area (Å²) in [6.45, 7) is 1.05. The Kier molecular flexibility index (Phi) is 4.37. The molecule has 2 aromatic heterocycles. The van der Waals surface area contributed by atoms with Crippen LogP contribution in [-0.4, -0.2) is 44.2 Å². The molecule has 7 nitrogen and oxygen atoms in total. The molecular weight excluding hydrogens is 390 g/mol. The standard InChI is InChI=1S/C21H16ClN5O2/c22-16-8-4-7-14(9-16)19-23-20(29-26-19)15-11-27(12-15)21(28)18-10-17(24-25-18)13-5-2-1-3-6-13/h1-10,15H,11-12H2,(H,24,25). The molecule has 4 aromatic rings. The zero-order chi connectivity index (χ0) is 19.8. The van der Waals surface area contributed by atoms with Crippen molar-refractivity contribution in [3.8, 4) is 22.6 Å². The quantitative estimate of drug-likeness (QED) is 0.554. The monoisotopic (exact) mass is 405 g/mol. The molecule has 0 bridgehead atoms. The zero-order valence-electron chi connectivity index (χ0n) is 15.2. The molecule has 3 heterocycles. The van der Waals surface area contributed by atoms with Gasteiger partial charge in [0.1, 0.15) is 5.69 Å². The molecule has 1 fully saturated rings. The number of halogens is 1. The molecule has 0 radical (unpaired) electrons. The minimum atomic E-state index is -0.0921. The number of rotatable bonds is 4. The average molecular weight is 406 g/mol. The number of nitrogens with zero attached hydrogens (tertiary/aromatic N) is 4. The van der Waals surface area contributed by atoms with Gasteiger partial charge < -0.3 is 9.42 Å². The maximum Gasteiger partial charge on any atom is 0.271 e. The minimum absolute atomic E-state index is 0.0240. The molecule has 8 heteroatoms. The number of amides is 1. The van der Waals surface area contributed by atoms with Gasteiger partial charge in [0.05, 0.1) is 11.6 Å². The molecule has 0 spiro atoms. The first kappa shape index (κ1) is 17.6. The van der Waals surface area contributed by atoms with Crippen molar-refractivity contribution in [1.29, 1.82) is 0 Å². The van der Waals surface area contributed by atoms with E-state index < -0.39 is 0 Å². The highest BCUT2D eigenvalue weighted by molar-refractivity contribution is 6.30. The van der Waals surface area contributed by atoms with Crippen molar-refractivity contribution in [2.75, 3.05) is 13.1 Å². The maximum absolute atomic E-state index is 12.7. The molecule has 1 aliphatic rings. The Hall–Kier alpha value is -3.45. The van der Waals surface area contributed by atoms with E-state index >= 15 is 0 Å². The van der Waals surface area contributed by atoms with Crippen LogP contribution in [0.3, 0.4) is 0 Å². The van der Waals surface area contributed by atoms with Gasteiger partial charge >= 0.3 is 0 Å². The number of carbonyl (C=O) groups excluding carboxylic acids is 1. The summed E-state index contributed by atoms with van der Waals surface area (Å²) < 4.78 is 5.40. The lowest BCUT2D eigenvalue weighted by Gasteiger charge is -2.36. The normalized spacial score (nSPS) is 14.0. The van der Waals surface area contributed by atoms with Gasteiger partial charge in [-0.2, -0.15) is 10.1 Å². The Labute approximate surface area is 171 Å². The molecule has 29 heavy (non-hydrogen) atoms. The first-order chi connectivity index (χ1) is 14.2. The van der Waals surface area contributed by atoms with E-state index in [0.717, 1.165) is 16.8 Å². The number of aromatic nitrogens is 4. The van der Waals surface area contributed by atoms with Gasteiger partial charge in [0.25, 0.3) is 5.91 Å². The van der Waals surface area contributed by atoms with Crippen molar-refractivity contribution < 1.29 is 9.32 Å². The molecule has 1 N–H and O–H groups in total. The van der Waals surface area contributed by atoms with Crippen molar-refractivity contribution in [2.45, 2.75) is 5.92 Å². The molecule has 0 aliphatic carbocycles. The fraction of sp³-hybridized carbons (Fsp3) is 0.143. The van der Waals surface area contributed by atoms with Gasteiger partial charge in [-0.15, -0.1) is 0 Å². The topological polar surface area (TPSA) is 87.9 Å². The Bertz CT molecular complexity index is 1160. The van der Waals surface area contributed by atoms with Crippen LogP contribution in [0.5, 0.6) is 0 Å². The molecule has 0 saturated carbocycles. The number of hydrogen-bond acceptors (Lipinski definition) is 5. The maximum atomic E-state index is 12.7. The third-order valence-electron chi connectivity index (χ3n) is 4.92. The minimum Gasteiger partial charge on any atom is -0.339 e. The average Bonchev–Trinajstić information content (AvgIpc) is 3.38. The number of carbonyl (C=O) groups is 1. The van der Waals surface area contributed by atoms with Crippen LogP contribution in [0, 0.1) is 0 Å². The van der Waals surface area contributed by atoms with Crippen molar-refractivity contribution >= 4 is 17.5 Å². The molecule has 0 unspecified atom stereocenters. The molecule has 1 saturated heterocycles. The summed E-state index contributed by atoms with van der Waals surface area (Å²) in [5, 5.41) is 11.7. The lowest BCUT2D eigenvalue weighted by molar-refractivity contribution is 0.0563. The summed E-state index contributed by atoms with van der Waals surface area (Å²) >= 11 is 6.02. The van der Waals surface area contributed by atoms with E-state index in [1.807, 2.05) is 42.5 Å². The van der Waals surface area contributed by atoms with Gasteiger partial charge in [-0.3, -0.25) is 9.89 Å². The van der Waals surface area contributed by atoms with Crippen LogP contribution in [0.1, 0.15) is 22.3 Å². The lowest BCUT2D eigenvalue weighted by Crippen LogP contribution is -2.48. The summed E-state index contributed by atoms with van der Waals surface area (Å²) in [4.78, 5) is 18.9. The highest BCUT2D eigenvalue weighted by Gasteiger charge is 2.36. The van der Waals surface area contributed by atoms with Crippen LogP contribution in [0.15, 0.2) is 65.2 Å². The SMILES string of the molecule is O=C(c1cc(-c2ccccc2)n[nH]1)N1CC(c2nc(-c3cccc(Cl)c3)no2)C1. The van der Waals surface area contributed by atoms with Gasteiger partial charge in [0.15, 0.2) is 0 Å². The van der Waals surface area contributed by atoms with E-state index in [1.54, 1.807) is 23.1 Å². The van der Waals surface area contributed by atoms with E-state index in [-0.39, 0.29) is 11.8 Å². The highest BCUT2D eigenvalue weighted by Crippen LogP contribution is 2.29. The molecule has 144 valence electrons. The second-order valence-electron chi connectivity index (χ2n) is 6.91. The summed E-state index contributed by atoms with van der Waals surface area (Å²) in [5.74, 6) is 0.952. The van der Waals surface area contributed by atoms with Crippen molar-refractivity contribution in [3.05, 3.63) is 77.3 Å². The number of aromatic amines is 1.